The Morgan fingerprint density at radius 2 is 1.86 bits per heavy atom. The van der Waals surface area contributed by atoms with E-state index >= 15 is 0 Å². The minimum absolute atomic E-state index is 0.0561. The Morgan fingerprint density at radius 1 is 1.18 bits per heavy atom. The average molecular weight is 393 g/mol. The van der Waals surface area contributed by atoms with Crippen LogP contribution in [-0.4, -0.2) is 39.8 Å². The van der Waals surface area contributed by atoms with Crippen LogP contribution in [0.4, 0.5) is 13.2 Å². The normalized spacial score (nSPS) is 27.3. The van der Waals surface area contributed by atoms with E-state index in [9.17, 15) is 18.0 Å². The van der Waals surface area contributed by atoms with Crippen molar-refractivity contribution in [2.24, 2.45) is 5.92 Å². The van der Waals surface area contributed by atoms with Gasteiger partial charge in [0.1, 0.15) is 0 Å². The highest BCUT2D eigenvalue weighted by molar-refractivity contribution is 5.84. The number of nitrogens with one attached hydrogen (secondary N) is 1. The fraction of sp³-hybridized carbons (Fsp3) is 0.450. The van der Waals surface area contributed by atoms with Crippen LogP contribution >= 0.6 is 0 Å². The fourth-order valence-corrected chi connectivity index (χ4v) is 4.56. The van der Waals surface area contributed by atoms with Crippen molar-refractivity contribution in [2.75, 3.05) is 13.1 Å². The molecule has 0 bridgehead atoms. The van der Waals surface area contributed by atoms with Gasteiger partial charge in [0, 0.05) is 42.9 Å². The van der Waals surface area contributed by atoms with Gasteiger partial charge in [0.25, 0.3) is 0 Å². The third kappa shape index (κ3) is 3.42. The Hall–Kier alpha value is -2.32. The highest BCUT2D eigenvalue weighted by atomic mass is 19.4. The Balaban J connectivity index is 1.61. The Morgan fingerprint density at radius 3 is 2.50 bits per heavy atom. The number of benzene rings is 1. The van der Waals surface area contributed by atoms with Gasteiger partial charge in [-0.1, -0.05) is 30.3 Å². The highest BCUT2D eigenvalue weighted by Gasteiger charge is 2.56. The molecule has 2 aromatic rings. The number of fused-ring (bicyclic) bond motifs is 1. The summed E-state index contributed by atoms with van der Waals surface area (Å²) in [6, 6.07) is 11.2. The molecule has 28 heavy (non-hydrogen) atoms. The maximum Gasteiger partial charge on any atom is 0.401 e. The third-order valence-corrected chi connectivity index (χ3v) is 5.94. The van der Waals surface area contributed by atoms with Gasteiger partial charge in [0.2, 0.25) is 5.91 Å². The molecule has 4 atom stereocenters. The van der Waals surface area contributed by atoms with Crippen LogP contribution < -0.4 is 5.48 Å². The zero-order valence-electron chi connectivity index (χ0n) is 15.4. The van der Waals surface area contributed by atoms with Gasteiger partial charge in [0.05, 0.1) is 12.5 Å². The summed E-state index contributed by atoms with van der Waals surface area (Å²) in [4.78, 5) is 13.6. The monoisotopic (exact) mass is 393 g/mol. The van der Waals surface area contributed by atoms with Crippen LogP contribution in [-0.2, 0) is 11.3 Å². The lowest BCUT2D eigenvalue weighted by Crippen LogP contribution is -2.41. The number of aromatic nitrogens is 1. The standard InChI is InChI=1S/C20H22F3N3O2/c1-12-15-9-14(10-25(15)7-8-26(12)11-20(21,22)23)17-16(18(17)19(27)24-28)13-5-3-2-4-6-13/h2-6,9-10,12,16-18,28H,7-8,11H2,1H3,(H,24,27)/t12?,16-,17-,18-/m1/s1. The number of alkyl halides is 3. The summed E-state index contributed by atoms with van der Waals surface area (Å²) in [5, 5.41) is 9.10. The van der Waals surface area contributed by atoms with E-state index < -0.39 is 24.5 Å². The molecule has 150 valence electrons. The first-order valence-electron chi connectivity index (χ1n) is 9.30. The second kappa shape index (κ2) is 6.93. The predicted molar refractivity (Wildman–Crippen MR) is 95.8 cm³/mol. The second-order valence-corrected chi connectivity index (χ2v) is 7.62. The number of amides is 1. The lowest BCUT2D eigenvalue weighted by atomic mass is 10.1. The number of hydrogen-bond donors (Lipinski definition) is 2. The molecule has 1 unspecified atom stereocenters. The fourth-order valence-electron chi connectivity index (χ4n) is 4.56. The van der Waals surface area contributed by atoms with E-state index in [0.717, 1.165) is 16.8 Å². The van der Waals surface area contributed by atoms with Crippen molar-refractivity contribution in [1.82, 2.24) is 14.9 Å². The third-order valence-electron chi connectivity index (χ3n) is 5.94. The molecule has 1 amide bonds. The van der Waals surface area contributed by atoms with Crippen molar-refractivity contribution in [2.45, 2.75) is 37.5 Å². The SMILES string of the molecule is CC1c2cc([C@H]3[C@H](C(=O)NO)[C@@H]3c3ccccc3)cn2CCN1CC(F)(F)F. The zero-order valence-corrected chi connectivity index (χ0v) is 15.4. The molecule has 1 saturated carbocycles. The van der Waals surface area contributed by atoms with E-state index in [0.29, 0.717) is 13.1 Å². The summed E-state index contributed by atoms with van der Waals surface area (Å²) in [5.41, 5.74) is 4.52. The maximum atomic E-state index is 12.8. The van der Waals surface area contributed by atoms with Crippen molar-refractivity contribution in [3.63, 3.8) is 0 Å². The Bertz CT molecular complexity index is 865. The van der Waals surface area contributed by atoms with Crippen LogP contribution in [0.2, 0.25) is 0 Å². The van der Waals surface area contributed by atoms with Crippen LogP contribution in [0.25, 0.3) is 0 Å². The summed E-state index contributed by atoms with van der Waals surface area (Å²) in [5.74, 6) is -0.983. The van der Waals surface area contributed by atoms with Crippen molar-refractivity contribution in [3.8, 4) is 0 Å². The molecule has 1 aromatic carbocycles. The largest absolute Gasteiger partial charge is 0.401 e. The summed E-state index contributed by atoms with van der Waals surface area (Å²) in [6.45, 7) is 1.66. The molecular formula is C20H22F3N3O2. The number of carbonyl (C=O) groups is 1. The van der Waals surface area contributed by atoms with Gasteiger partial charge in [-0.3, -0.25) is 14.9 Å². The number of hydrogen-bond acceptors (Lipinski definition) is 3. The lowest BCUT2D eigenvalue weighted by Gasteiger charge is -2.35. The van der Waals surface area contributed by atoms with Gasteiger partial charge in [0.15, 0.2) is 0 Å². The highest BCUT2D eigenvalue weighted by Crippen LogP contribution is 2.61. The topological polar surface area (TPSA) is 57.5 Å². The molecule has 0 spiro atoms. The van der Waals surface area contributed by atoms with Crippen molar-refractivity contribution in [1.29, 1.82) is 0 Å². The number of halogens is 3. The molecule has 2 aliphatic rings. The number of nitrogens with zero attached hydrogens (tertiary/aromatic N) is 2. The van der Waals surface area contributed by atoms with Crippen molar-refractivity contribution < 1.29 is 23.2 Å². The number of rotatable bonds is 4. The molecule has 1 aliphatic heterocycles. The first kappa shape index (κ1) is 19.0. The molecule has 2 N–H and O–H groups in total. The summed E-state index contributed by atoms with van der Waals surface area (Å²) in [7, 11) is 0. The second-order valence-electron chi connectivity index (χ2n) is 7.62. The van der Waals surface area contributed by atoms with Crippen LogP contribution in [0, 0.1) is 5.92 Å². The minimum atomic E-state index is -4.23. The number of carbonyl (C=O) groups excluding carboxylic acids is 1. The molecular weight excluding hydrogens is 371 g/mol. The summed E-state index contributed by atoms with van der Waals surface area (Å²) >= 11 is 0. The Labute approximate surface area is 160 Å². The lowest BCUT2D eigenvalue weighted by molar-refractivity contribution is -0.152. The van der Waals surface area contributed by atoms with Crippen LogP contribution in [0.15, 0.2) is 42.6 Å². The van der Waals surface area contributed by atoms with Gasteiger partial charge in [-0.15, -0.1) is 0 Å². The Kier molecular flexibility index (Phi) is 4.71. The smallest absolute Gasteiger partial charge is 0.348 e. The average Bonchev–Trinajstić information content (AvgIpc) is 3.26. The molecule has 5 nitrogen and oxygen atoms in total. The van der Waals surface area contributed by atoms with Crippen LogP contribution in [0.5, 0.6) is 0 Å². The van der Waals surface area contributed by atoms with E-state index in [2.05, 4.69) is 0 Å². The molecule has 1 fully saturated rings. The first-order valence-corrected chi connectivity index (χ1v) is 9.30. The molecule has 1 aromatic heterocycles. The van der Waals surface area contributed by atoms with E-state index in [1.165, 1.54) is 4.90 Å². The molecule has 8 heteroatoms. The molecule has 2 heterocycles. The van der Waals surface area contributed by atoms with E-state index in [-0.39, 0.29) is 17.9 Å². The molecule has 0 saturated heterocycles. The van der Waals surface area contributed by atoms with Crippen molar-refractivity contribution >= 4 is 5.91 Å². The minimum Gasteiger partial charge on any atom is -0.348 e. The van der Waals surface area contributed by atoms with Gasteiger partial charge in [-0.2, -0.15) is 13.2 Å². The summed E-state index contributed by atoms with van der Waals surface area (Å²) < 4.78 is 40.5. The van der Waals surface area contributed by atoms with E-state index in [1.54, 1.807) is 12.4 Å². The van der Waals surface area contributed by atoms with Gasteiger partial charge in [-0.25, -0.2) is 5.48 Å². The quantitative estimate of drug-likeness (QED) is 0.618. The molecule has 0 radical (unpaired) electrons. The zero-order chi connectivity index (χ0) is 20.1. The predicted octanol–water partition coefficient (Wildman–Crippen LogP) is 3.43. The first-order chi connectivity index (χ1) is 13.3. The number of hydroxylamine groups is 1. The van der Waals surface area contributed by atoms with Gasteiger partial charge < -0.3 is 4.57 Å². The summed E-state index contributed by atoms with van der Waals surface area (Å²) in [6.07, 6.45) is -2.28. The van der Waals surface area contributed by atoms with E-state index in [4.69, 9.17) is 5.21 Å². The van der Waals surface area contributed by atoms with Gasteiger partial charge >= 0.3 is 6.18 Å². The van der Waals surface area contributed by atoms with Crippen LogP contribution in [0.1, 0.15) is 41.6 Å². The molecule has 4 rings (SSSR count). The van der Waals surface area contributed by atoms with Crippen LogP contribution in [0.3, 0.4) is 0 Å². The molecule has 1 aliphatic carbocycles. The maximum absolute atomic E-state index is 12.8. The van der Waals surface area contributed by atoms with Crippen molar-refractivity contribution in [3.05, 3.63) is 59.4 Å². The van der Waals surface area contributed by atoms with E-state index in [1.807, 2.05) is 47.2 Å². The van der Waals surface area contributed by atoms with Gasteiger partial charge in [-0.05, 0) is 24.1 Å².